The second-order valence-electron chi connectivity index (χ2n) is 8.06. The molecule has 0 spiro atoms. The van der Waals surface area contributed by atoms with Crippen molar-refractivity contribution in [2.75, 3.05) is 5.32 Å². The van der Waals surface area contributed by atoms with Gasteiger partial charge in [0.2, 0.25) is 0 Å². The van der Waals surface area contributed by atoms with E-state index in [0.29, 0.717) is 35.2 Å². The van der Waals surface area contributed by atoms with Crippen molar-refractivity contribution in [2.45, 2.75) is 32.0 Å². The van der Waals surface area contributed by atoms with Crippen LogP contribution in [0.5, 0.6) is 0 Å². The fourth-order valence-electron chi connectivity index (χ4n) is 4.24. The lowest BCUT2D eigenvalue weighted by Gasteiger charge is -2.15. The number of rotatable bonds is 4. The summed E-state index contributed by atoms with van der Waals surface area (Å²) in [5, 5.41) is 14.3. The maximum atomic E-state index is 13.1. The Kier molecular flexibility index (Phi) is 5.84. The Labute approximate surface area is 188 Å². The standard InChI is InChI=1S/C25H21F3N2O3/c1-14-3-2-4-21(22(14)15-5-8-18(9-6-15)25(26,27)28)23(31)29-19-10-7-16-11-20(30-24(32)33)13-17(16)12-19/h2-10,12,20,30H,11,13H2,1H3,(H,29,31)(H,32,33). The molecule has 1 unspecified atom stereocenters. The van der Waals surface area contributed by atoms with Crippen molar-refractivity contribution in [1.82, 2.24) is 5.32 Å². The number of halogens is 3. The van der Waals surface area contributed by atoms with Crippen LogP contribution >= 0.6 is 0 Å². The molecular weight excluding hydrogens is 433 g/mol. The Hall–Kier alpha value is -3.81. The number of aryl methyl sites for hydroxylation is 1. The second-order valence-corrected chi connectivity index (χ2v) is 8.06. The third-order valence-corrected chi connectivity index (χ3v) is 5.74. The average molecular weight is 454 g/mol. The Morgan fingerprint density at radius 2 is 1.67 bits per heavy atom. The molecule has 5 nitrogen and oxygen atoms in total. The Morgan fingerprint density at radius 3 is 2.33 bits per heavy atom. The lowest BCUT2D eigenvalue weighted by Crippen LogP contribution is -2.33. The third kappa shape index (κ3) is 4.84. The highest BCUT2D eigenvalue weighted by Crippen LogP contribution is 2.33. The molecule has 1 aliphatic rings. The molecule has 3 aromatic carbocycles. The van der Waals surface area contributed by atoms with Gasteiger partial charge in [-0.2, -0.15) is 13.2 Å². The molecule has 0 aliphatic heterocycles. The number of fused-ring (bicyclic) bond motifs is 1. The molecule has 0 saturated heterocycles. The second kappa shape index (κ2) is 8.61. The molecular formula is C25H21F3N2O3. The van der Waals surface area contributed by atoms with Crippen LogP contribution in [0.15, 0.2) is 60.7 Å². The zero-order valence-electron chi connectivity index (χ0n) is 17.7. The minimum atomic E-state index is -4.43. The molecule has 0 radical (unpaired) electrons. The SMILES string of the molecule is Cc1cccc(C(=O)Nc2ccc3c(c2)CC(NC(=O)O)C3)c1-c1ccc(C(F)(F)F)cc1. The van der Waals surface area contributed by atoms with E-state index in [4.69, 9.17) is 5.11 Å². The number of benzene rings is 3. The van der Waals surface area contributed by atoms with Crippen LogP contribution in [0, 0.1) is 6.92 Å². The fourth-order valence-corrected chi connectivity index (χ4v) is 4.24. The van der Waals surface area contributed by atoms with Crippen LogP contribution in [-0.2, 0) is 19.0 Å². The van der Waals surface area contributed by atoms with Crippen molar-refractivity contribution in [3.63, 3.8) is 0 Å². The van der Waals surface area contributed by atoms with Crippen molar-refractivity contribution in [2.24, 2.45) is 0 Å². The van der Waals surface area contributed by atoms with Crippen molar-refractivity contribution >= 4 is 17.7 Å². The van der Waals surface area contributed by atoms with E-state index in [1.807, 2.05) is 12.1 Å². The van der Waals surface area contributed by atoms with Crippen molar-refractivity contribution in [3.8, 4) is 11.1 Å². The molecule has 3 N–H and O–H groups in total. The number of carbonyl (C=O) groups is 2. The molecule has 1 atom stereocenters. The highest BCUT2D eigenvalue weighted by Gasteiger charge is 2.30. The summed E-state index contributed by atoms with van der Waals surface area (Å²) in [4.78, 5) is 24.0. The van der Waals surface area contributed by atoms with Crippen molar-refractivity contribution in [3.05, 3.63) is 88.5 Å². The average Bonchev–Trinajstić information content (AvgIpc) is 3.13. The van der Waals surface area contributed by atoms with Gasteiger partial charge < -0.3 is 15.7 Å². The van der Waals surface area contributed by atoms with E-state index in [0.717, 1.165) is 28.8 Å². The Balaban J connectivity index is 1.58. The summed E-state index contributed by atoms with van der Waals surface area (Å²) in [5.74, 6) is -0.383. The van der Waals surface area contributed by atoms with Crippen LogP contribution < -0.4 is 10.6 Å². The van der Waals surface area contributed by atoms with Gasteiger partial charge in [-0.25, -0.2) is 4.79 Å². The normalized spacial score (nSPS) is 15.1. The first-order valence-electron chi connectivity index (χ1n) is 10.3. The Morgan fingerprint density at radius 1 is 0.970 bits per heavy atom. The molecule has 0 saturated carbocycles. The minimum absolute atomic E-state index is 0.202. The summed E-state index contributed by atoms with van der Waals surface area (Å²) in [7, 11) is 0. The van der Waals surface area contributed by atoms with Crippen LogP contribution in [0.2, 0.25) is 0 Å². The smallest absolute Gasteiger partial charge is 0.416 e. The van der Waals surface area contributed by atoms with Gasteiger partial charge in [0.15, 0.2) is 0 Å². The molecule has 0 fully saturated rings. The molecule has 4 rings (SSSR count). The maximum absolute atomic E-state index is 13.1. The molecule has 0 heterocycles. The molecule has 1 aliphatic carbocycles. The van der Waals surface area contributed by atoms with Gasteiger partial charge in [-0.15, -0.1) is 0 Å². The van der Waals surface area contributed by atoms with Gasteiger partial charge in [0.05, 0.1) is 5.56 Å². The van der Waals surface area contributed by atoms with Gasteiger partial charge in [0.1, 0.15) is 0 Å². The van der Waals surface area contributed by atoms with Gasteiger partial charge in [-0.3, -0.25) is 4.79 Å². The van der Waals surface area contributed by atoms with E-state index >= 15 is 0 Å². The first-order chi connectivity index (χ1) is 15.6. The zero-order chi connectivity index (χ0) is 23.8. The van der Waals surface area contributed by atoms with E-state index in [-0.39, 0.29) is 11.9 Å². The largest absolute Gasteiger partial charge is 0.465 e. The predicted molar refractivity (Wildman–Crippen MR) is 118 cm³/mol. The number of hydrogen-bond acceptors (Lipinski definition) is 2. The van der Waals surface area contributed by atoms with E-state index < -0.39 is 17.8 Å². The highest BCUT2D eigenvalue weighted by molar-refractivity contribution is 6.09. The number of hydrogen-bond donors (Lipinski definition) is 3. The van der Waals surface area contributed by atoms with Crippen LogP contribution in [0.3, 0.4) is 0 Å². The molecule has 3 aromatic rings. The summed E-state index contributed by atoms with van der Waals surface area (Å²) in [6.07, 6.45) is -4.38. The highest BCUT2D eigenvalue weighted by atomic mass is 19.4. The molecule has 0 bridgehead atoms. The molecule has 0 aromatic heterocycles. The molecule has 33 heavy (non-hydrogen) atoms. The number of carbonyl (C=O) groups excluding carboxylic acids is 1. The lowest BCUT2D eigenvalue weighted by atomic mass is 9.93. The monoisotopic (exact) mass is 454 g/mol. The fraction of sp³-hybridized carbons (Fsp3) is 0.200. The number of alkyl halides is 3. The van der Waals surface area contributed by atoms with Crippen molar-refractivity contribution in [1.29, 1.82) is 0 Å². The van der Waals surface area contributed by atoms with Crippen LogP contribution in [0.4, 0.5) is 23.7 Å². The summed E-state index contributed by atoms with van der Waals surface area (Å²) in [6, 6.07) is 15.1. The quantitative estimate of drug-likeness (QED) is 0.476. The van der Waals surface area contributed by atoms with Crippen LogP contribution in [-0.4, -0.2) is 23.1 Å². The first kappa shape index (κ1) is 22.4. The van der Waals surface area contributed by atoms with E-state index in [1.54, 1.807) is 31.2 Å². The predicted octanol–water partition coefficient (Wildman–Crippen LogP) is 5.67. The van der Waals surface area contributed by atoms with E-state index in [2.05, 4.69) is 10.6 Å². The molecule has 2 amide bonds. The van der Waals surface area contributed by atoms with Crippen LogP contribution in [0.25, 0.3) is 11.1 Å². The zero-order valence-corrected chi connectivity index (χ0v) is 17.7. The Bertz CT molecular complexity index is 1220. The molecule has 170 valence electrons. The summed E-state index contributed by atoms with van der Waals surface area (Å²) in [5.41, 5.74) is 3.98. The maximum Gasteiger partial charge on any atom is 0.416 e. The van der Waals surface area contributed by atoms with Gasteiger partial charge >= 0.3 is 12.3 Å². The van der Waals surface area contributed by atoms with E-state index in [9.17, 15) is 22.8 Å². The molecule has 8 heteroatoms. The number of carboxylic acid groups (broad SMARTS) is 1. The van der Waals surface area contributed by atoms with E-state index in [1.165, 1.54) is 12.1 Å². The topological polar surface area (TPSA) is 78.4 Å². The van der Waals surface area contributed by atoms with Gasteiger partial charge in [-0.1, -0.05) is 30.3 Å². The summed E-state index contributed by atoms with van der Waals surface area (Å²) >= 11 is 0. The van der Waals surface area contributed by atoms with Gasteiger partial charge in [0, 0.05) is 17.3 Å². The summed E-state index contributed by atoms with van der Waals surface area (Å²) in [6.45, 7) is 1.80. The number of nitrogens with one attached hydrogen (secondary N) is 2. The third-order valence-electron chi connectivity index (χ3n) is 5.74. The van der Waals surface area contributed by atoms with Crippen LogP contribution in [0.1, 0.15) is 32.6 Å². The summed E-state index contributed by atoms with van der Waals surface area (Å²) < 4.78 is 38.8. The van der Waals surface area contributed by atoms with Crippen molar-refractivity contribution < 1.29 is 27.9 Å². The number of anilines is 1. The number of amides is 2. The van der Waals surface area contributed by atoms with Gasteiger partial charge in [0.25, 0.3) is 5.91 Å². The van der Waals surface area contributed by atoms with Gasteiger partial charge in [-0.05, 0) is 77.9 Å². The first-order valence-corrected chi connectivity index (χ1v) is 10.3. The lowest BCUT2D eigenvalue weighted by molar-refractivity contribution is -0.137. The minimum Gasteiger partial charge on any atom is -0.465 e.